The van der Waals surface area contributed by atoms with E-state index in [0.29, 0.717) is 26.9 Å². The Morgan fingerprint density at radius 2 is 1.56 bits per heavy atom. The van der Waals surface area contributed by atoms with Gasteiger partial charge >= 0.3 is 10.2 Å². The van der Waals surface area contributed by atoms with Crippen molar-refractivity contribution in [2.75, 3.05) is 24.9 Å². The Balaban J connectivity index is 1.81. The third-order valence-electron chi connectivity index (χ3n) is 8.26. The number of anilines is 1. The number of rotatable bonds is 12. The predicted molar refractivity (Wildman–Crippen MR) is 182 cm³/mol. The van der Waals surface area contributed by atoms with Crippen LogP contribution in [0.2, 0.25) is 10.0 Å². The summed E-state index contributed by atoms with van der Waals surface area (Å²) in [7, 11) is -1.26. The number of amides is 2. The van der Waals surface area contributed by atoms with E-state index in [1.54, 1.807) is 31.2 Å². The number of nitrogens with one attached hydrogen (secondary N) is 1. The minimum Gasteiger partial charge on any atom is -0.352 e. The molecular formula is C34H42Cl2N4O4S. The Hall–Kier alpha value is -3.11. The minimum absolute atomic E-state index is 0.00550. The molecule has 2 amide bonds. The molecule has 45 heavy (non-hydrogen) atoms. The van der Waals surface area contributed by atoms with Gasteiger partial charge in [0.05, 0.1) is 5.69 Å². The topological polar surface area (TPSA) is 90.0 Å². The Labute approximate surface area is 277 Å². The largest absolute Gasteiger partial charge is 0.352 e. The molecule has 1 fully saturated rings. The number of benzene rings is 3. The van der Waals surface area contributed by atoms with Gasteiger partial charge in [-0.15, -0.1) is 0 Å². The van der Waals surface area contributed by atoms with Gasteiger partial charge in [-0.3, -0.25) is 9.59 Å². The van der Waals surface area contributed by atoms with Gasteiger partial charge in [-0.2, -0.15) is 12.7 Å². The summed E-state index contributed by atoms with van der Waals surface area (Å²) in [5.74, 6) is -0.854. The quantitative estimate of drug-likeness (QED) is 0.244. The lowest BCUT2D eigenvalue weighted by Gasteiger charge is -2.36. The van der Waals surface area contributed by atoms with Crippen LogP contribution in [0.25, 0.3) is 0 Å². The van der Waals surface area contributed by atoms with Crippen LogP contribution in [0.4, 0.5) is 5.69 Å². The third-order valence-corrected chi connectivity index (χ3v) is 10.8. The summed E-state index contributed by atoms with van der Waals surface area (Å²) in [6.45, 7) is 3.04. The van der Waals surface area contributed by atoms with Crippen molar-refractivity contribution in [3.8, 4) is 0 Å². The molecule has 0 radical (unpaired) electrons. The van der Waals surface area contributed by atoms with Crippen LogP contribution < -0.4 is 9.62 Å². The molecule has 11 heteroatoms. The van der Waals surface area contributed by atoms with Crippen LogP contribution in [0.3, 0.4) is 0 Å². The highest BCUT2D eigenvalue weighted by Crippen LogP contribution is 2.30. The van der Waals surface area contributed by atoms with Crippen molar-refractivity contribution in [2.45, 2.75) is 71.0 Å². The lowest BCUT2D eigenvalue weighted by Crippen LogP contribution is -2.55. The standard InChI is InChI=1S/C34H42Cl2N4O4S/c1-24-18-19-25(2)31(20-24)40(45(43,44)38(3)4)23-33(41)39(22-28-29(35)16-11-17-30(28)36)32(21-26-12-7-5-8-13-26)34(42)37-27-14-9-6-10-15-27/h5,7-8,11-13,16-20,27,32H,6,9-10,14-15,21-23H2,1-4H3,(H,37,42)/t32-/m0/s1. The van der Waals surface area contributed by atoms with Crippen molar-refractivity contribution in [1.29, 1.82) is 0 Å². The van der Waals surface area contributed by atoms with Gasteiger partial charge in [0, 0.05) is 48.7 Å². The number of carbonyl (C=O) groups excluding carboxylic acids is 2. The Morgan fingerprint density at radius 3 is 2.18 bits per heavy atom. The van der Waals surface area contributed by atoms with Crippen LogP contribution in [0.5, 0.6) is 0 Å². The number of halogens is 2. The first kappa shape index (κ1) is 34.8. The van der Waals surface area contributed by atoms with Gasteiger partial charge in [-0.05, 0) is 61.6 Å². The second kappa shape index (κ2) is 15.5. The van der Waals surface area contributed by atoms with Gasteiger partial charge in [-0.1, -0.05) is 91.0 Å². The van der Waals surface area contributed by atoms with Crippen LogP contribution in [0, 0.1) is 13.8 Å². The number of hydrogen-bond donors (Lipinski definition) is 1. The molecule has 1 saturated carbocycles. The highest BCUT2D eigenvalue weighted by Gasteiger charge is 2.36. The van der Waals surface area contributed by atoms with Crippen LogP contribution in [0.1, 0.15) is 54.4 Å². The van der Waals surface area contributed by atoms with Gasteiger partial charge < -0.3 is 10.2 Å². The fourth-order valence-electron chi connectivity index (χ4n) is 5.64. The first-order valence-electron chi connectivity index (χ1n) is 15.2. The molecule has 1 aliphatic rings. The highest BCUT2D eigenvalue weighted by molar-refractivity contribution is 7.90. The summed E-state index contributed by atoms with van der Waals surface area (Å²) in [6.07, 6.45) is 5.14. The maximum absolute atomic E-state index is 14.6. The minimum atomic E-state index is -4.11. The molecule has 0 bridgehead atoms. The summed E-state index contributed by atoms with van der Waals surface area (Å²) < 4.78 is 29.7. The summed E-state index contributed by atoms with van der Waals surface area (Å²) in [5.41, 5.74) is 3.26. The summed E-state index contributed by atoms with van der Waals surface area (Å²) in [4.78, 5) is 30.2. The van der Waals surface area contributed by atoms with E-state index in [9.17, 15) is 18.0 Å². The maximum atomic E-state index is 14.6. The normalized spacial score (nSPS) is 14.6. The van der Waals surface area contributed by atoms with E-state index in [0.717, 1.165) is 51.8 Å². The first-order chi connectivity index (χ1) is 21.4. The molecule has 0 aliphatic heterocycles. The van der Waals surface area contributed by atoms with E-state index in [4.69, 9.17) is 23.2 Å². The van der Waals surface area contributed by atoms with E-state index in [1.165, 1.54) is 19.0 Å². The average molecular weight is 674 g/mol. The third kappa shape index (κ3) is 8.79. The van der Waals surface area contributed by atoms with Crippen molar-refractivity contribution in [1.82, 2.24) is 14.5 Å². The lowest BCUT2D eigenvalue weighted by molar-refractivity contribution is -0.140. The zero-order valence-electron chi connectivity index (χ0n) is 26.3. The molecule has 1 N–H and O–H groups in total. The van der Waals surface area contributed by atoms with Gasteiger partial charge in [0.15, 0.2) is 0 Å². The number of hydrogen-bond acceptors (Lipinski definition) is 4. The second-order valence-electron chi connectivity index (χ2n) is 11.9. The van der Waals surface area contributed by atoms with E-state index in [-0.39, 0.29) is 24.9 Å². The smallest absolute Gasteiger partial charge is 0.304 e. The van der Waals surface area contributed by atoms with Gasteiger partial charge in [0.1, 0.15) is 12.6 Å². The number of carbonyl (C=O) groups is 2. The second-order valence-corrected chi connectivity index (χ2v) is 14.7. The molecule has 4 rings (SSSR count). The van der Waals surface area contributed by atoms with Crippen molar-refractivity contribution >= 4 is 50.9 Å². The van der Waals surface area contributed by atoms with Crippen molar-refractivity contribution < 1.29 is 18.0 Å². The molecule has 0 saturated heterocycles. The molecule has 8 nitrogen and oxygen atoms in total. The van der Waals surface area contributed by atoms with Crippen molar-refractivity contribution in [3.05, 3.63) is 99.0 Å². The summed E-state index contributed by atoms with van der Waals surface area (Å²) in [5, 5.41) is 3.89. The van der Waals surface area contributed by atoms with Gasteiger partial charge in [-0.25, -0.2) is 4.31 Å². The van der Waals surface area contributed by atoms with Crippen LogP contribution in [-0.2, 0) is 32.8 Å². The molecule has 3 aromatic rings. The monoisotopic (exact) mass is 672 g/mol. The van der Waals surface area contributed by atoms with Crippen LogP contribution in [0.15, 0.2) is 66.7 Å². The van der Waals surface area contributed by atoms with E-state index >= 15 is 0 Å². The van der Waals surface area contributed by atoms with Gasteiger partial charge in [0.2, 0.25) is 11.8 Å². The fourth-order valence-corrected chi connectivity index (χ4v) is 7.27. The van der Waals surface area contributed by atoms with Crippen molar-refractivity contribution in [3.63, 3.8) is 0 Å². The number of nitrogens with zero attached hydrogens (tertiary/aromatic N) is 3. The maximum Gasteiger partial charge on any atom is 0.304 e. The highest BCUT2D eigenvalue weighted by atomic mass is 35.5. The predicted octanol–water partition coefficient (Wildman–Crippen LogP) is 6.31. The zero-order valence-corrected chi connectivity index (χ0v) is 28.6. The molecular weight excluding hydrogens is 631 g/mol. The molecule has 0 aromatic heterocycles. The Morgan fingerprint density at radius 1 is 0.911 bits per heavy atom. The van der Waals surface area contributed by atoms with Crippen molar-refractivity contribution in [2.24, 2.45) is 0 Å². The first-order valence-corrected chi connectivity index (χ1v) is 17.4. The molecule has 0 spiro atoms. The van der Waals surface area contributed by atoms with Gasteiger partial charge in [0.25, 0.3) is 0 Å². The molecule has 1 atom stereocenters. The van der Waals surface area contributed by atoms with Crippen LogP contribution >= 0.6 is 23.2 Å². The number of aryl methyl sites for hydroxylation is 2. The van der Waals surface area contributed by atoms with E-state index in [2.05, 4.69) is 5.32 Å². The van der Waals surface area contributed by atoms with E-state index in [1.807, 2.05) is 49.4 Å². The summed E-state index contributed by atoms with van der Waals surface area (Å²) >= 11 is 13.2. The van der Waals surface area contributed by atoms with E-state index < -0.39 is 28.7 Å². The molecule has 0 heterocycles. The Kier molecular flexibility index (Phi) is 11.9. The fraction of sp³-hybridized carbons (Fsp3) is 0.412. The molecule has 0 unspecified atom stereocenters. The zero-order chi connectivity index (χ0) is 32.7. The summed E-state index contributed by atoms with van der Waals surface area (Å²) in [6, 6.07) is 19.0. The SMILES string of the molecule is Cc1ccc(C)c(N(CC(=O)N(Cc2c(Cl)cccc2Cl)[C@@H](Cc2ccccc2)C(=O)NC2CCCCC2)S(=O)(=O)N(C)C)c1. The average Bonchev–Trinajstić information content (AvgIpc) is 3.01. The van der Waals surface area contributed by atoms with Crippen LogP contribution in [-0.4, -0.2) is 62.2 Å². The Bertz CT molecular complexity index is 1570. The molecule has 3 aromatic carbocycles. The molecule has 1 aliphatic carbocycles. The molecule has 242 valence electrons. The lowest BCUT2D eigenvalue weighted by atomic mass is 9.94.